The summed E-state index contributed by atoms with van der Waals surface area (Å²) in [5.41, 5.74) is 2.57. The van der Waals surface area contributed by atoms with Crippen LogP contribution in [0.2, 0.25) is 0 Å². The molecule has 0 amide bonds. The number of unbranched alkanes of at least 4 members (excludes halogenated alkanes) is 4. The van der Waals surface area contributed by atoms with Crippen molar-refractivity contribution in [2.75, 3.05) is 0 Å². The minimum absolute atomic E-state index is 1.12. The highest BCUT2D eigenvalue weighted by atomic mass is 14.6. The van der Waals surface area contributed by atoms with E-state index in [9.17, 15) is 0 Å². The number of hydrogen-bond donors (Lipinski definition) is 0. The second-order valence-corrected chi connectivity index (χ2v) is 4.65. The maximum absolute atomic E-state index is 4.40. The van der Waals surface area contributed by atoms with Crippen LogP contribution in [0, 0.1) is 0 Å². The molecule has 2 aromatic rings. The van der Waals surface area contributed by atoms with E-state index in [1.165, 1.54) is 49.5 Å². The number of pyridine rings is 1. The third-order valence-electron chi connectivity index (χ3n) is 3.29. The van der Waals surface area contributed by atoms with Crippen molar-refractivity contribution in [2.45, 2.75) is 45.4 Å². The van der Waals surface area contributed by atoms with Crippen LogP contribution in [0.5, 0.6) is 0 Å². The third-order valence-corrected chi connectivity index (χ3v) is 3.29. The van der Waals surface area contributed by atoms with Crippen molar-refractivity contribution in [1.29, 1.82) is 0 Å². The number of aromatic nitrogens is 1. The fourth-order valence-electron chi connectivity index (χ4n) is 2.29. The summed E-state index contributed by atoms with van der Waals surface area (Å²) in [6, 6.07) is 10.6. The average Bonchev–Trinajstić information content (AvgIpc) is 2.39. The van der Waals surface area contributed by atoms with Crippen molar-refractivity contribution < 1.29 is 0 Å². The number of hydrogen-bond acceptors (Lipinski definition) is 1. The van der Waals surface area contributed by atoms with Crippen LogP contribution in [0.4, 0.5) is 0 Å². The summed E-state index contributed by atoms with van der Waals surface area (Å²) in [6.45, 7) is 2.26. The summed E-state index contributed by atoms with van der Waals surface area (Å²) in [6.07, 6.45) is 9.84. The van der Waals surface area contributed by atoms with Gasteiger partial charge in [0.25, 0.3) is 0 Å². The summed E-state index contributed by atoms with van der Waals surface area (Å²) in [5, 5.41) is 1.32. The van der Waals surface area contributed by atoms with E-state index in [0.29, 0.717) is 0 Å². The topological polar surface area (TPSA) is 12.9 Å². The largest absolute Gasteiger partial charge is 0.256 e. The Kier molecular flexibility index (Phi) is 4.54. The van der Waals surface area contributed by atoms with E-state index < -0.39 is 0 Å². The first kappa shape index (κ1) is 12.1. The number of nitrogens with zero attached hydrogens (tertiary/aromatic N) is 1. The van der Waals surface area contributed by atoms with Crippen LogP contribution in [-0.4, -0.2) is 4.98 Å². The molecule has 0 fully saturated rings. The summed E-state index contributed by atoms with van der Waals surface area (Å²) >= 11 is 0. The van der Waals surface area contributed by atoms with Crippen LogP contribution in [0.1, 0.15) is 44.6 Å². The van der Waals surface area contributed by atoms with Gasteiger partial charge in [-0.05, 0) is 30.5 Å². The normalized spacial score (nSPS) is 10.9. The zero-order valence-corrected chi connectivity index (χ0v) is 10.7. The Morgan fingerprint density at radius 2 is 1.76 bits per heavy atom. The van der Waals surface area contributed by atoms with Gasteiger partial charge in [0.15, 0.2) is 0 Å². The Bertz CT molecular complexity index is 457. The summed E-state index contributed by atoms with van der Waals surface area (Å²) in [5.74, 6) is 0. The number of fused-ring (bicyclic) bond motifs is 1. The van der Waals surface area contributed by atoms with E-state index in [2.05, 4.69) is 42.2 Å². The fourth-order valence-corrected chi connectivity index (χ4v) is 2.29. The maximum Gasteiger partial charge on any atom is 0.0704 e. The van der Waals surface area contributed by atoms with Gasteiger partial charge >= 0.3 is 0 Å². The molecule has 1 heterocycles. The van der Waals surface area contributed by atoms with Crippen LogP contribution < -0.4 is 0 Å². The number of benzene rings is 1. The first-order valence-corrected chi connectivity index (χ1v) is 6.74. The average molecular weight is 227 g/mol. The molecule has 0 saturated heterocycles. The van der Waals surface area contributed by atoms with Gasteiger partial charge in [-0.1, -0.05) is 50.8 Å². The van der Waals surface area contributed by atoms with Crippen molar-refractivity contribution in [2.24, 2.45) is 0 Å². The van der Waals surface area contributed by atoms with E-state index >= 15 is 0 Å². The summed E-state index contributed by atoms with van der Waals surface area (Å²) in [4.78, 5) is 4.40. The Labute approximate surface area is 104 Å². The van der Waals surface area contributed by atoms with E-state index in [0.717, 1.165) is 5.52 Å². The Balaban J connectivity index is 1.98. The molecule has 90 valence electrons. The minimum Gasteiger partial charge on any atom is -0.256 e. The molecule has 1 nitrogen and oxygen atoms in total. The molecule has 0 spiro atoms. The molecule has 0 atom stereocenters. The van der Waals surface area contributed by atoms with Crippen LogP contribution >= 0.6 is 0 Å². The molecule has 0 aliphatic rings. The Morgan fingerprint density at radius 3 is 2.65 bits per heavy atom. The minimum atomic E-state index is 1.12. The highest BCUT2D eigenvalue weighted by Gasteiger charge is 2.00. The summed E-state index contributed by atoms with van der Waals surface area (Å²) < 4.78 is 0. The molecular weight excluding hydrogens is 206 g/mol. The molecule has 0 bridgehead atoms. The monoisotopic (exact) mass is 227 g/mol. The highest BCUT2D eigenvalue weighted by Crippen LogP contribution is 2.18. The van der Waals surface area contributed by atoms with Gasteiger partial charge in [0.2, 0.25) is 0 Å². The molecule has 2 rings (SSSR count). The Hall–Kier alpha value is -1.37. The van der Waals surface area contributed by atoms with Gasteiger partial charge in [-0.3, -0.25) is 4.98 Å². The molecule has 0 aliphatic heterocycles. The van der Waals surface area contributed by atoms with Crippen LogP contribution in [-0.2, 0) is 6.42 Å². The van der Waals surface area contributed by atoms with Crippen LogP contribution in [0.15, 0.2) is 36.5 Å². The standard InChI is InChI=1S/C16H21N/c1-2-3-4-5-6-9-14-12-13-17-16-11-8-7-10-15(14)16/h7-8,10-13H,2-6,9H2,1H3. The molecular formula is C16H21N. The van der Waals surface area contributed by atoms with Crippen LogP contribution in [0.3, 0.4) is 0 Å². The van der Waals surface area contributed by atoms with E-state index in [4.69, 9.17) is 0 Å². The van der Waals surface area contributed by atoms with Crippen molar-refractivity contribution >= 4 is 10.9 Å². The molecule has 1 heteroatoms. The van der Waals surface area contributed by atoms with Crippen molar-refractivity contribution in [3.8, 4) is 0 Å². The lowest BCUT2D eigenvalue weighted by molar-refractivity contribution is 0.633. The second-order valence-electron chi connectivity index (χ2n) is 4.65. The molecule has 0 saturated carbocycles. The lowest BCUT2D eigenvalue weighted by Gasteiger charge is -2.05. The zero-order valence-electron chi connectivity index (χ0n) is 10.7. The van der Waals surface area contributed by atoms with Crippen molar-refractivity contribution in [3.63, 3.8) is 0 Å². The molecule has 1 aromatic carbocycles. The van der Waals surface area contributed by atoms with Gasteiger partial charge in [0, 0.05) is 11.6 Å². The number of para-hydroxylation sites is 1. The van der Waals surface area contributed by atoms with Gasteiger partial charge in [-0.25, -0.2) is 0 Å². The SMILES string of the molecule is CCCCCCCc1ccnc2ccccc12. The quantitative estimate of drug-likeness (QED) is 0.649. The van der Waals surface area contributed by atoms with Gasteiger partial charge in [0.05, 0.1) is 5.52 Å². The Morgan fingerprint density at radius 1 is 0.941 bits per heavy atom. The lowest BCUT2D eigenvalue weighted by atomic mass is 10.0. The summed E-state index contributed by atoms with van der Waals surface area (Å²) in [7, 11) is 0. The molecule has 0 unspecified atom stereocenters. The smallest absolute Gasteiger partial charge is 0.0704 e. The number of aryl methyl sites for hydroxylation is 1. The number of rotatable bonds is 6. The zero-order chi connectivity index (χ0) is 11.9. The second kappa shape index (κ2) is 6.39. The van der Waals surface area contributed by atoms with Crippen molar-refractivity contribution in [3.05, 3.63) is 42.1 Å². The molecule has 0 N–H and O–H groups in total. The van der Waals surface area contributed by atoms with Gasteiger partial charge in [-0.15, -0.1) is 0 Å². The molecule has 0 aliphatic carbocycles. The molecule has 17 heavy (non-hydrogen) atoms. The first-order chi connectivity index (χ1) is 8.42. The third kappa shape index (κ3) is 3.29. The van der Waals surface area contributed by atoms with E-state index in [1.807, 2.05) is 6.20 Å². The van der Waals surface area contributed by atoms with Gasteiger partial charge in [0.1, 0.15) is 0 Å². The van der Waals surface area contributed by atoms with Crippen molar-refractivity contribution in [1.82, 2.24) is 4.98 Å². The predicted octanol–water partition coefficient (Wildman–Crippen LogP) is 4.75. The first-order valence-electron chi connectivity index (χ1n) is 6.74. The fraction of sp³-hybridized carbons (Fsp3) is 0.438. The van der Waals surface area contributed by atoms with Crippen LogP contribution in [0.25, 0.3) is 10.9 Å². The maximum atomic E-state index is 4.40. The molecule has 0 radical (unpaired) electrons. The highest BCUT2D eigenvalue weighted by molar-refractivity contribution is 5.81. The van der Waals surface area contributed by atoms with Gasteiger partial charge < -0.3 is 0 Å². The van der Waals surface area contributed by atoms with Gasteiger partial charge in [-0.2, -0.15) is 0 Å². The van der Waals surface area contributed by atoms with E-state index in [-0.39, 0.29) is 0 Å². The lowest BCUT2D eigenvalue weighted by Crippen LogP contribution is -1.89. The predicted molar refractivity (Wildman–Crippen MR) is 74.2 cm³/mol. The molecule has 1 aromatic heterocycles. The van der Waals surface area contributed by atoms with E-state index in [1.54, 1.807) is 0 Å².